The van der Waals surface area contributed by atoms with Crippen molar-refractivity contribution >= 4 is 24.0 Å². The quantitative estimate of drug-likeness (QED) is 0.876. The van der Waals surface area contributed by atoms with Crippen molar-refractivity contribution in [1.29, 1.82) is 0 Å². The lowest BCUT2D eigenvalue weighted by Gasteiger charge is -2.25. The van der Waals surface area contributed by atoms with Crippen molar-refractivity contribution in [3.8, 4) is 11.4 Å². The van der Waals surface area contributed by atoms with E-state index in [4.69, 9.17) is 17.0 Å². The summed E-state index contributed by atoms with van der Waals surface area (Å²) in [4.78, 5) is 2.41. The van der Waals surface area contributed by atoms with Crippen LogP contribution >= 0.6 is 24.0 Å². The van der Waals surface area contributed by atoms with E-state index in [1.807, 2.05) is 40.6 Å². The van der Waals surface area contributed by atoms with Crippen LogP contribution in [0.1, 0.15) is 5.82 Å². The van der Waals surface area contributed by atoms with E-state index in [0.29, 0.717) is 4.77 Å². The molecule has 0 bridgehead atoms. The number of aromatic amines is 1. The zero-order valence-electron chi connectivity index (χ0n) is 11.9. The fourth-order valence-corrected chi connectivity index (χ4v) is 3.65. The summed E-state index contributed by atoms with van der Waals surface area (Å²) in [6.45, 7) is 3.01. The Hall–Kier alpha value is -1.31. The molecule has 1 aromatic heterocycles. The number of benzene rings is 1. The monoisotopic (exact) mass is 322 g/mol. The Morgan fingerprint density at radius 3 is 2.95 bits per heavy atom. The van der Waals surface area contributed by atoms with E-state index in [0.717, 1.165) is 36.9 Å². The lowest BCUT2D eigenvalue weighted by atomic mass is 10.3. The lowest BCUT2D eigenvalue weighted by Crippen LogP contribution is -2.33. The third kappa shape index (κ3) is 3.30. The van der Waals surface area contributed by atoms with Crippen molar-refractivity contribution < 1.29 is 4.74 Å². The van der Waals surface area contributed by atoms with E-state index >= 15 is 0 Å². The molecular formula is C14H18N4OS2. The molecule has 2 aromatic rings. The maximum Gasteiger partial charge on any atom is 0.199 e. The number of hydrogen-bond acceptors (Lipinski definition) is 5. The van der Waals surface area contributed by atoms with Gasteiger partial charge in [-0.1, -0.05) is 6.07 Å². The number of hydrogen-bond donors (Lipinski definition) is 1. The van der Waals surface area contributed by atoms with Gasteiger partial charge < -0.3 is 4.74 Å². The predicted octanol–water partition coefficient (Wildman–Crippen LogP) is 2.49. The molecule has 1 aliphatic rings. The summed E-state index contributed by atoms with van der Waals surface area (Å²) in [6.07, 6.45) is 0. The second kappa shape index (κ2) is 6.64. The molecule has 3 rings (SSSR count). The van der Waals surface area contributed by atoms with Gasteiger partial charge in [0.1, 0.15) is 11.6 Å². The molecule has 7 heteroatoms. The van der Waals surface area contributed by atoms with Gasteiger partial charge in [-0.15, -0.1) is 0 Å². The first-order valence-corrected chi connectivity index (χ1v) is 8.45. The Morgan fingerprint density at radius 2 is 2.19 bits per heavy atom. The molecular weight excluding hydrogens is 304 g/mol. The van der Waals surface area contributed by atoms with Crippen LogP contribution in [-0.2, 0) is 6.54 Å². The van der Waals surface area contributed by atoms with E-state index < -0.39 is 0 Å². The fraction of sp³-hybridized carbons (Fsp3) is 0.429. The molecule has 0 atom stereocenters. The molecule has 0 radical (unpaired) electrons. The minimum atomic E-state index is 0.615. The molecule has 1 aromatic carbocycles. The average molecular weight is 322 g/mol. The van der Waals surface area contributed by atoms with E-state index in [1.165, 1.54) is 11.5 Å². The Labute approximate surface area is 133 Å². The molecule has 112 valence electrons. The maximum absolute atomic E-state index is 5.38. The topological polar surface area (TPSA) is 46.1 Å². The first kappa shape index (κ1) is 14.6. The molecule has 1 saturated heterocycles. The molecule has 0 unspecified atom stereocenters. The Balaban J connectivity index is 1.90. The summed E-state index contributed by atoms with van der Waals surface area (Å²) >= 11 is 7.39. The van der Waals surface area contributed by atoms with Crippen molar-refractivity contribution in [2.24, 2.45) is 0 Å². The van der Waals surface area contributed by atoms with Crippen molar-refractivity contribution in [3.05, 3.63) is 34.9 Å². The normalized spacial score (nSPS) is 16.0. The highest BCUT2D eigenvalue weighted by Gasteiger charge is 2.15. The summed E-state index contributed by atoms with van der Waals surface area (Å²) in [7, 11) is 1.67. The third-order valence-electron chi connectivity index (χ3n) is 3.52. The largest absolute Gasteiger partial charge is 0.497 e. The van der Waals surface area contributed by atoms with E-state index in [9.17, 15) is 0 Å². The third-order valence-corrected chi connectivity index (χ3v) is 4.74. The Morgan fingerprint density at radius 1 is 1.38 bits per heavy atom. The highest BCUT2D eigenvalue weighted by atomic mass is 32.2. The Bertz CT molecular complexity index is 661. The summed E-state index contributed by atoms with van der Waals surface area (Å²) < 4.78 is 7.89. The number of thioether (sulfide) groups is 1. The van der Waals surface area contributed by atoms with Crippen molar-refractivity contribution in [2.75, 3.05) is 31.7 Å². The van der Waals surface area contributed by atoms with Crippen LogP contribution in [0.5, 0.6) is 5.75 Å². The SMILES string of the molecule is COc1cccc(-n2c(CN3CCSCC3)n[nH]c2=S)c1. The van der Waals surface area contributed by atoms with Gasteiger partial charge in [-0.25, -0.2) is 0 Å². The molecule has 0 saturated carbocycles. The van der Waals surface area contributed by atoms with Gasteiger partial charge in [0.2, 0.25) is 0 Å². The number of aromatic nitrogens is 3. The molecule has 1 aliphatic heterocycles. The smallest absolute Gasteiger partial charge is 0.199 e. The van der Waals surface area contributed by atoms with Crippen molar-refractivity contribution in [1.82, 2.24) is 19.7 Å². The first-order chi connectivity index (χ1) is 10.3. The fourth-order valence-electron chi connectivity index (χ4n) is 2.41. The van der Waals surface area contributed by atoms with Crippen molar-refractivity contribution in [2.45, 2.75) is 6.54 Å². The van der Waals surface area contributed by atoms with Crippen LogP contribution in [0.15, 0.2) is 24.3 Å². The van der Waals surface area contributed by atoms with Gasteiger partial charge in [0.15, 0.2) is 4.77 Å². The van der Waals surface area contributed by atoms with Gasteiger partial charge in [0.25, 0.3) is 0 Å². The van der Waals surface area contributed by atoms with Crippen LogP contribution in [0.3, 0.4) is 0 Å². The van der Waals surface area contributed by atoms with Crippen LogP contribution in [0.25, 0.3) is 5.69 Å². The van der Waals surface area contributed by atoms with E-state index in [1.54, 1.807) is 7.11 Å². The van der Waals surface area contributed by atoms with Crippen molar-refractivity contribution in [3.63, 3.8) is 0 Å². The molecule has 2 heterocycles. The summed E-state index contributed by atoms with van der Waals surface area (Å²) in [6, 6.07) is 7.88. The van der Waals surface area contributed by atoms with Gasteiger partial charge in [0.05, 0.1) is 19.3 Å². The van der Waals surface area contributed by atoms with Gasteiger partial charge in [0, 0.05) is 30.7 Å². The number of nitrogens with one attached hydrogen (secondary N) is 1. The molecule has 0 spiro atoms. The number of ether oxygens (including phenoxy) is 1. The minimum Gasteiger partial charge on any atom is -0.497 e. The second-order valence-corrected chi connectivity index (χ2v) is 6.48. The molecule has 0 aliphatic carbocycles. The van der Waals surface area contributed by atoms with Crippen LogP contribution in [0.2, 0.25) is 0 Å². The van der Waals surface area contributed by atoms with Crippen LogP contribution in [-0.4, -0.2) is 51.4 Å². The molecule has 5 nitrogen and oxygen atoms in total. The molecule has 21 heavy (non-hydrogen) atoms. The van der Waals surface area contributed by atoms with E-state index in [-0.39, 0.29) is 0 Å². The average Bonchev–Trinajstić information content (AvgIpc) is 2.89. The van der Waals surface area contributed by atoms with Crippen LogP contribution in [0.4, 0.5) is 0 Å². The predicted molar refractivity (Wildman–Crippen MR) is 87.9 cm³/mol. The number of H-pyrrole nitrogens is 1. The molecule has 1 fully saturated rings. The number of nitrogens with zero attached hydrogens (tertiary/aromatic N) is 3. The first-order valence-electron chi connectivity index (χ1n) is 6.89. The van der Waals surface area contributed by atoms with Gasteiger partial charge in [-0.3, -0.25) is 14.6 Å². The summed E-state index contributed by atoms with van der Waals surface area (Å²) in [5.74, 6) is 4.13. The highest BCUT2D eigenvalue weighted by Crippen LogP contribution is 2.19. The standard InChI is InChI=1S/C14H18N4OS2/c1-19-12-4-2-3-11(9-12)18-13(15-16-14(18)20)10-17-5-7-21-8-6-17/h2-4,9H,5-8,10H2,1H3,(H,16,20). The van der Waals surface area contributed by atoms with Crippen LogP contribution in [0, 0.1) is 4.77 Å². The molecule has 0 amide bonds. The highest BCUT2D eigenvalue weighted by molar-refractivity contribution is 7.99. The van der Waals surface area contributed by atoms with E-state index in [2.05, 4.69) is 15.1 Å². The molecule has 1 N–H and O–H groups in total. The lowest BCUT2D eigenvalue weighted by molar-refractivity contribution is 0.285. The Kier molecular flexibility index (Phi) is 4.62. The zero-order valence-corrected chi connectivity index (χ0v) is 13.5. The second-order valence-electron chi connectivity index (χ2n) is 4.87. The van der Waals surface area contributed by atoms with Crippen LogP contribution < -0.4 is 4.74 Å². The van der Waals surface area contributed by atoms with Gasteiger partial charge >= 0.3 is 0 Å². The number of methoxy groups -OCH3 is 1. The summed E-state index contributed by atoms with van der Waals surface area (Å²) in [5, 5.41) is 7.30. The maximum atomic E-state index is 5.38. The number of rotatable bonds is 4. The minimum absolute atomic E-state index is 0.615. The van der Waals surface area contributed by atoms with Gasteiger partial charge in [-0.2, -0.15) is 16.9 Å². The zero-order chi connectivity index (χ0) is 14.7. The summed E-state index contributed by atoms with van der Waals surface area (Å²) in [5.41, 5.74) is 0.981. The van der Waals surface area contributed by atoms with Gasteiger partial charge in [-0.05, 0) is 24.4 Å².